The number of hydrogen-bond donors (Lipinski definition) is 3. The molecule has 178 valence electrons. The van der Waals surface area contributed by atoms with Crippen molar-refractivity contribution >= 4 is 17.9 Å². The third-order valence-electron chi connectivity index (χ3n) is 5.63. The Balaban J connectivity index is 3.13. The second-order valence-electron chi connectivity index (χ2n) is 8.46. The number of esters is 3. The molecule has 0 aromatic rings. The Morgan fingerprint density at radius 3 is 2.42 bits per heavy atom. The smallest absolute Gasteiger partial charge is 0.330 e. The van der Waals surface area contributed by atoms with E-state index in [0.29, 0.717) is 6.42 Å². The summed E-state index contributed by atoms with van der Waals surface area (Å²) in [5.41, 5.74) is -2.02. The van der Waals surface area contributed by atoms with Gasteiger partial charge >= 0.3 is 17.9 Å². The lowest BCUT2D eigenvalue weighted by atomic mass is 9.78. The third-order valence-corrected chi connectivity index (χ3v) is 5.63. The summed E-state index contributed by atoms with van der Waals surface area (Å²) in [5, 5.41) is 31.8. The van der Waals surface area contributed by atoms with Crippen LogP contribution in [0.4, 0.5) is 0 Å². The maximum Gasteiger partial charge on any atom is 0.330 e. The molecule has 0 radical (unpaired) electrons. The standard InChI is InChI=1S/C22H36O9/c1-7-8-9-16(24)10-11-17(25)31-18-12(2)19(26)22(6,28)20(30-15(5)23)13(3)21(27)29-14(18)4/h10-14,16,18-20,24,26,28H,7-9H2,1-6H3. The van der Waals surface area contributed by atoms with Crippen molar-refractivity contribution < 1.29 is 43.9 Å². The van der Waals surface area contributed by atoms with Crippen molar-refractivity contribution in [3.05, 3.63) is 12.2 Å². The Bertz CT molecular complexity index is 657. The first kappa shape index (κ1) is 27.1. The van der Waals surface area contributed by atoms with Gasteiger partial charge in [-0.05, 0) is 33.3 Å². The highest BCUT2D eigenvalue weighted by Gasteiger charge is 2.52. The zero-order chi connectivity index (χ0) is 23.9. The fourth-order valence-electron chi connectivity index (χ4n) is 3.77. The molecule has 1 aliphatic rings. The van der Waals surface area contributed by atoms with Crippen molar-refractivity contribution in [1.82, 2.24) is 0 Å². The van der Waals surface area contributed by atoms with E-state index in [2.05, 4.69) is 0 Å². The molecular weight excluding hydrogens is 408 g/mol. The molecule has 0 spiro atoms. The lowest BCUT2D eigenvalue weighted by Gasteiger charge is -2.40. The van der Waals surface area contributed by atoms with Gasteiger partial charge in [0.15, 0.2) is 0 Å². The van der Waals surface area contributed by atoms with Crippen LogP contribution in [0.25, 0.3) is 0 Å². The molecule has 1 saturated heterocycles. The number of carbonyl (C=O) groups is 3. The van der Waals surface area contributed by atoms with Crippen molar-refractivity contribution in [1.29, 1.82) is 0 Å². The molecule has 31 heavy (non-hydrogen) atoms. The fourth-order valence-corrected chi connectivity index (χ4v) is 3.77. The van der Waals surface area contributed by atoms with E-state index < -0.39 is 65.9 Å². The van der Waals surface area contributed by atoms with Crippen LogP contribution in [-0.4, -0.2) is 69.3 Å². The van der Waals surface area contributed by atoms with Gasteiger partial charge in [-0.3, -0.25) is 9.59 Å². The van der Waals surface area contributed by atoms with Gasteiger partial charge in [0.1, 0.15) is 23.9 Å². The summed E-state index contributed by atoms with van der Waals surface area (Å²) < 4.78 is 16.0. The molecule has 0 bridgehead atoms. The molecule has 0 aliphatic carbocycles. The van der Waals surface area contributed by atoms with Gasteiger partial charge in [0, 0.05) is 18.9 Å². The van der Waals surface area contributed by atoms with Gasteiger partial charge in [0.2, 0.25) is 0 Å². The van der Waals surface area contributed by atoms with Gasteiger partial charge in [-0.2, -0.15) is 0 Å². The average molecular weight is 445 g/mol. The van der Waals surface area contributed by atoms with Gasteiger partial charge in [0.25, 0.3) is 0 Å². The molecule has 9 heteroatoms. The number of carbonyl (C=O) groups excluding carboxylic acids is 3. The Kier molecular flexibility index (Phi) is 10.1. The predicted octanol–water partition coefficient (Wildman–Crippen LogP) is 1.27. The zero-order valence-electron chi connectivity index (χ0n) is 19.1. The SMILES string of the molecule is CCCCC(O)C=CC(=O)OC1C(C)OC(=O)C(C)C(OC(C)=O)C(C)(O)C(O)C1C. The Morgan fingerprint density at radius 1 is 1.26 bits per heavy atom. The van der Waals surface area contributed by atoms with Gasteiger partial charge in [-0.15, -0.1) is 0 Å². The van der Waals surface area contributed by atoms with Crippen LogP contribution >= 0.6 is 0 Å². The first-order chi connectivity index (χ1) is 14.3. The molecular formula is C22H36O9. The van der Waals surface area contributed by atoms with Crippen LogP contribution in [0, 0.1) is 11.8 Å². The number of unbranched alkanes of at least 4 members (excludes halogenated alkanes) is 1. The molecule has 8 unspecified atom stereocenters. The number of rotatable bonds is 7. The van der Waals surface area contributed by atoms with Gasteiger partial charge in [0.05, 0.1) is 18.1 Å². The van der Waals surface area contributed by atoms with Crippen LogP contribution in [0.1, 0.15) is 60.8 Å². The van der Waals surface area contributed by atoms with Crippen LogP contribution < -0.4 is 0 Å². The molecule has 0 aromatic heterocycles. The van der Waals surface area contributed by atoms with Crippen LogP contribution in [0.5, 0.6) is 0 Å². The highest BCUT2D eigenvalue weighted by atomic mass is 16.6. The monoisotopic (exact) mass is 444 g/mol. The fraction of sp³-hybridized carbons (Fsp3) is 0.773. The minimum Gasteiger partial charge on any atom is -0.458 e. The minimum atomic E-state index is -2.02. The molecule has 3 N–H and O–H groups in total. The number of cyclic esters (lactones) is 1. The van der Waals surface area contributed by atoms with E-state index in [1.54, 1.807) is 0 Å². The first-order valence-corrected chi connectivity index (χ1v) is 10.7. The number of hydrogen-bond acceptors (Lipinski definition) is 9. The molecule has 8 atom stereocenters. The van der Waals surface area contributed by atoms with E-state index in [1.165, 1.54) is 33.8 Å². The molecule has 1 aliphatic heterocycles. The molecule has 1 heterocycles. The molecule has 9 nitrogen and oxygen atoms in total. The van der Waals surface area contributed by atoms with E-state index in [9.17, 15) is 29.7 Å². The summed E-state index contributed by atoms with van der Waals surface area (Å²) >= 11 is 0. The number of ether oxygens (including phenoxy) is 3. The van der Waals surface area contributed by atoms with Crippen LogP contribution in [0.3, 0.4) is 0 Å². The summed E-state index contributed by atoms with van der Waals surface area (Å²) in [6, 6.07) is 0. The van der Waals surface area contributed by atoms with Gasteiger partial charge in [-0.25, -0.2) is 4.79 Å². The van der Waals surface area contributed by atoms with E-state index in [-0.39, 0.29) is 0 Å². The second kappa shape index (κ2) is 11.6. The molecule has 0 saturated carbocycles. The lowest BCUT2D eigenvalue weighted by molar-refractivity contribution is -0.198. The van der Waals surface area contributed by atoms with Crippen LogP contribution in [-0.2, 0) is 28.6 Å². The van der Waals surface area contributed by atoms with E-state index in [0.717, 1.165) is 25.8 Å². The van der Waals surface area contributed by atoms with E-state index in [4.69, 9.17) is 14.2 Å². The van der Waals surface area contributed by atoms with Crippen LogP contribution in [0.15, 0.2) is 12.2 Å². The first-order valence-electron chi connectivity index (χ1n) is 10.7. The number of aliphatic hydroxyl groups excluding tert-OH is 2. The van der Waals surface area contributed by atoms with Crippen molar-refractivity contribution in [2.45, 2.75) is 96.9 Å². The summed E-state index contributed by atoms with van der Waals surface area (Å²) in [4.78, 5) is 36.4. The van der Waals surface area contributed by atoms with Crippen molar-refractivity contribution in [3.8, 4) is 0 Å². The summed E-state index contributed by atoms with van der Waals surface area (Å²) in [6.07, 6.45) is -1.12. The highest BCUT2D eigenvalue weighted by molar-refractivity contribution is 5.82. The Morgan fingerprint density at radius 2 is 1.87 bits per heavy atom. The Hall–Kier alpha value is -1.97. The number of aliphatic hydroxyl groups is 3. The zero-order valence-corrected chi connectivity index (χ0v) is 19.1. The topological polar surface area (TPSA) is 140 Å². The van der Waals surface area contributed by atoms with Crippen molar-refractivity contribution in [3.63, 3.8) is 0 Å². The summed E-state index contributed by atoms with van der Waals surface area (Å²) in [7, 11) is 0. The maximum absolute atomic E-state index is 12.6. The van der Waals surface area contributed by atoms with Crippen LogP contribution in [0.2, 0.25) is 0 Å². The van der Waals surface area contributed by atoms with E-state index in [1.807, 2.05) is 6.92 Å². The third kappa shape index (κ3) is 7.29. The highest BCUT2D eigenvalue weighted by Crippen LogP contribution is 2.34. The largest absolute Gasteiger partial charge is 0.458 e. The second-order valence-corrected chi connectivity index (χ2v) is 8.46. The van der Waals surface area contributed by atoms with E-state index >= 15 is 0 Å². The predicted molar refractivity (Wildman–Crippen MR) is 111 cm³/mol. The summed E-state index contributed by atoms with van der Waals surface area (Å²) in [5.74, 6) is -4.25. The molecule has 1 rings (SSSR count). The molecule has 1 fully saturated rings. The molecule has 0 aromatic carbocycles. The summed E-state index contributed by atoms with van der Waals surface area (Å²) in [6.45, 7) is 8.82. The van der Waals surface area contributed by atoms with Crippen molar-refractivity contribution in [2.75, 3.05) is 0 Å². The quantitative estimate of drug-likeness (QED) is 0.301. The maximum atomic E-state index is 12.6. The normalized spacial score (nSPS) is 35.5. The molecule has 0 amide bonds. The lowest BCUT2D eigenvalue weighted by Crippen LogP contribution is -2.58. The minimum absolute atomic E-state index is 0.505. The van der Waals surface area contributed by atoms with Crippen molar-refractivity contribution in [2.24, 2.45) is 11.8 Å². The van der Waals surface area contributed by atoms with Gasteiger partial charge in [-0.1, -0.05) is 26.7 Å². The average Bonchev–Trinajstić information content (AvgIpc) is 2.71. The van der Waals surface area contributed by atoms with Gasteiger partial charge < -0.3 is 29.5 Å². The Labute approximate surface area is 183 Å².